The number of aromatic nitrogens is 2. The average molecular weight is 634 g/mol. The largest absolute Gasteiger partial charge is 0.481 e. The lowest BCUT2D eigenvalue weighted by Gasteiger charge is -2.28. The number of carbonyl (C=O) groups is 2. The molecule has 1 atom stereocenters. The Morgan fingerprint density at radius 3 is 2.18 bits per heavy atom. The predicted molar refractivity (Wildman–Crippen MR) is 188 cm³/mol. The number of carboxylic acid groups (broad SMARTS) is 1. The fourth-order valence-corrected chi connectivity index (χ4v) is 5.36. The van der Waals surface area contributed by atoms with Crippen molar-refractivity contribution in [3.05, 3.63) is 117 Å². The molecule has 45 heavy (non-hydrogen) atoms. The Morgan fingerprint density at radius 1 is 1.07 bits per heavy atom. The van der Waals surface area contributed by atoms with Gasteiger partial charge in [0.15, 0.2) is 5.82 Å². The molecular weight excluding hydrogens is 585 g/mol. The average Bonchev–Trinajstić information content (AvgIpc) is 3.00. The number of anilines is 1. The van der Waals surface area contributed by atoms with E-state index >= 15 is 0 Å². The zero-order valence-corrected chi connectivity index (χ0v) is 28.9. The highest BCUT2D eigenvalue weighted by Gasteiger charge is 2.35. The van der Waals surface area contributed by atoms with Gasteiger partial charge in [-0.2, -0.15) is 0 Å². The van der Waals surface area contributed by atoms with Crippen LogP contribution in [0.2, 0.25) is 0 Å². The molecule has 0 aliphatic heterocycles. The molecule has 0 saturated carbocycles. The van der Waals surface area contributed by atoms with Gasteiger partial charge in [0.05, 0.1) is 10.8 Å². The van der Waals surface area contributed by atoms with E-state index in [1.54, 1.807) is 39.8 Å². The second-order valence-corrected chi connectivity index (χ2v) is 12.3. The Bertz CT molecular complexity index is 1520. The van der Waals surface area contributed by atoms with Gasteiger partial charge in [0.1, 0.15) is 17.9 Å². The van der Waals surface area contributed by atoms with Crippen LogP contribution in [0.5, 0.6) is 0 Å². The van der Waals surface area contributed by atoms with Crippen molar-refractivity contribution in [1.29, 1.82) is 0 Å². The van der Waals surface area contributed by atoms with Crippen LogP contribution in [0.15, 0.2) is 77.6 Å². The number of rotatable bonds is 11. The molecule has 3 aromatic rings. The van der Waals surface area contributed by atoms with Gasteiger partial charge < -0.3 is 15.6 Å². The molecule has 0 saturated heterocycles. The molecular formula is C37H48FN3O3S. The molecule has 242 valence electrons. The van der Waals surface area contributed by atoms with Gasteiger partial charge in [-0.15, -0.1) is 11.8 Å². The van der Waals surface area contributed by atoms with Crippen molar-refractivity contribution in [2.45, 2.75) is 80.6 Å². The molecule has 0 aliphatic carbocycles. The van der Waals surface area contributed by atoms with Crippen LogP contribution < -0.4 is 5.73 Å². The number of hydrogen-bond donors (Lipinski definition) is 2. The summed E-state index contributed by atoms with van der Waals surface area (Å²) in [5.74, 6) is -0.406. The number of halogens is 1. The Labute approximate surface area is 272 Å². The van der Waals surface area contributed by atoms with Gasteiger partial charge in [-0.1, -0.05) is 75.9 Å². The summed E-state index contributed by atoms with van der Waals surface area (Å²) in [6, 6.07) is 14.5. The first-order valence-electron chi connectivity index (χ1n) is 14.9. The molecule has 3 N–H and O–H groups in total. The number of carbonyl (C=O) groups excluding carboxylic acids is 1. The van der Waals surface area contributed by atoms with E-state index in [1.165, 1.54) is 17.8 Å². The number of carboxylic acids is 1. The molecule has 0 radical (unpaired) electrons. The fourth-order valence-electron chi connectivity index (χ4n) is 4.53. The number of nitrogens with two attached hydrogens (primary N) is 1. The summed E-state index contributed by atoms with van der Waals surface area (Å²) in [6.07, 6.45) is 2.07. The monoisotopic (exact) mass is 633 g/mol. The quantitative estimate of drug-likeness (QED) is 0.203. The Hall–Kier alpha value is -4.04. The normalized spacial score (nSPS) is 12.4. The summed E-state index contributed by atoms with van der Waals surface area (Å²) >= 11 is 1.28. The number of aryl methyl sites for hydroxylation is 3. The summed E-state index contributed by atoms with van der Waals surface area (Å²) in [7, 11) is 0. The maximum absolute atomic E-state index is 12.4. The lowest BCUT2D eigenvalue weighted by Crippen LogP contribution is -2.29. The van der Waals surface area contributed by atoms with Crippen molar-refractivity contribution in [2.75, 3.05) is 5.73 Å². The van der Waals surface area contributed by atoms with Crippen molar-refractivity contribution < 1.29 is 19.1 Å². The van der Waals surface area contributed by atoms with Crippen molar-refractivity contribution in [3.63, 3.8) is 0 Å². The van der Waals surface area contributed by atoms with Crippen LogP contribution in [0.4, 0.5) is 10.2 Å². The molecule has 0 unspecified atom stereocenters. The van der Waals surface area contributed by atoms with E-state index in [2.05, 4.69) is 23.1 Å². The number of nitrogens with zero attached hydrogens (tertiary/aromatic N) is 2. The smallest absolute Gasteiger partial charge is 0.309 e. The van der Waals surface area contributed by atoms with Crippen LogP contribution in [0.3, 0.4) is 0 Å². The van der Waals surface area contributed by atoms with Gasteiger partial charge >= 0.3 is 5.97 Å². The Balaban J connectivity index is 0.000000777. The summed E-state index contributed by atoms with van der Waals surface area (Å²) < 4.78 is 12.4. The number of benzene rings is 2. The third-order valence-electron chi connectivity index (χ3n) is 7.19. The summed E-state index contributed by atoms with van der Waals surface area (Å²) in [5.41, 5.74) is 9.96. The van der Waals surface area contributed by atoms with Crippen molar-refractivity contribution in [3.8, 4) is 0 Å². The number of nitrogen functional groups attached to an aromatic ring is 1. The van der Waals surface area contributed by atoms with E-state index in [-0.39, 0.29) is 11.6 Å². The second-order valence-electron chi connectivity index (χ2n) is 11.4. The first-order chi connectivity index (χ1) is 21.1. The van der Waals surface area contributed by atoms with Crippen LogP contribution in [0.1, 0.15) is 88.7 Å². The van der Waals surface area contributed by atoms with Gasteiger partial charge in [0.25, 0.3) is 0 Å². The molecule has 0 bridgehead atoms. The van der Waals surface area contributed by atoms with Crippen LogP contribution in [0.25, 0.3) is 5.57 Å². The number of thioether (sulfide) groups is 1. The Morgan fingerprint density at radius 2 is 1.69 bits per heavy atom. The molecule has 0 amide bonds. The van der Waals surface area contributed by atoms with Gasteiger partial charge in [-0.25, -0.2) is 14.4 Å². The second kappa shape index (κ2) is 17.4. The van der Waals surface area contributed by atoms with E-state index in [4.69, 9.17) is 5.73 Å². The van der Waals surface area contributed by atoms with Crippen molar-refractivity contribution in [2.24, 2.45) is 5.41 Å². The SMILES string of the molecule is C=C(c1nc(C)c([C@@](C)(C=O)C(=C)S/C=C(\C)CC(C)(C)C(=O)O)c(N)n1)c1ccccc1C.CC.CCc1cccc(F)c1. The highest BCUT2D eigenvalue weighted by atomic mass is 32.2. The third kappa shape index (κ3) is 10.5. The van der Waals surface area contributed by atoms with E-state index < -0.39 is 16.8 Å². The molecule has 0 fully saturated rings. The molecule has 6 nitrogen and oxygen atoms in total. The van der Waals surface area contributed by atoms with Crippen LogP contribution in [0, 0.1) is 25.1 Å². The van der Waals surface area contributed by atoms with Crippen molar-refractivity contribution in [1.82, 2.24) is 9.97 Å². The standard InChI is InChI=1S/C27H33N3O3S.C8H9F.C2H6/c1-16(13-26(6,7)25(32)33)14-34-20(5)27(8,15-31)22-19(4)29-24(30-23(22)28)18(3)21-12-10-9-11-17(21)2;1-2-7-4-3-5-8(9)6-7;1-2/h9-12,14-15H,3,5,13H2,1-2,4,6-8H3,(H,32,33)(H2,28,29,30);3-6H,2H2,1H3;1-2H3/b16-14+;;/t27-;;/m0../s1. The number of hydrogen-bond acceptors (Lipinski definition) is 6. The maximum Gasteiger partial charge on any atom is 0.309 e. The van der Waals surface area contributed by atoms with Gasteiger partial charge in [0, 0.05) is 16.8 Å². The maximum atomic E-state index is 12.4. The van der Waals surface area contributed by atoms with E-state index in [0.717, 1.165) is 35.0 Å². The summed E-state index contributed by atoms with van der Waals surface area (Å²) in [4.78, 5) is 33.4. The van der Waals surface area contributed by atoms with E-state index in [9.17, 15) is 19.1 Å². The zero-order chi connectivity index (χ0) is 34.5. The Kier molecular flexibility index (Phi) is 15.1. The molecule has 1 heterocycles. The number of aldehydes is 1. The zero-order valence-electron chi connectivity index (χ0n) is 28.1. The first-order valence-corrected chi connectivity index (χ1v) is 15.8. The van der Waals surface area contributed by atoms with Crippen molar-refractivity contribution >= 4 is 35.4 Å². The van der Waals surface area contributed by atoms with E-state index in [0.29, 0.717) is 34.0 Å². The van der Waals surface area contributed by atoms with E-state index in [1.807, 2.05) is 70.4 Å². The molecule has 0 aliphatic rings. The summed E-state index contributed by atoms with van der Waals surface area (Å²) in [5, 5.41) is 11.2. The molecule has 2 aromatic carbocycles. The molecule has 3 rings (SSSR count). The highest BCUT2D eigenvalue weighted by molar-refractivity contribution is 8.05. The number of allylic oxidation sites excluding steroid dienone is 2. The van der Waals surface area contributed by atoms with Crippen LogP contribution in [-0.2, 0) is 21.4 Å². The fraction of sp³-hybridized carbons (Fsp3) is 0.351. The molecule has 0 spiro atoms. The summed E-state index contributed by atoms with van der Waals surface area (Å²) in [6.45, 7) is 25.0. The van der Waals surface area contributed by atoms with Gasteiger partial charge in [-0.05, 0) is 93.5 Å². The van der Waals surface area contributed by atoms with Crippen LogP contribution in [-0.4, -0.2) is 27.3 Å². The van der Waals surface area contributed by atoms with Crippen LogP contribution >= 0.6 is 11.8 Å². The minimum atomic E-state index is -1.14. The lowest BCUT2D eigenvalue weighted by molar-refractivity contribution is -0.146. The lowest BCUT2D eigenvalue weighted by atomic mass is 9.83. The highest BCUT2D eigenvalue weighted by Crippen LogP contribution is 2.41. The topological polar surface area (TPSA) is 106 Å². The molecule has 1 aromatic heterocycles. The third-order valence-corrected chi connectivity index (χ3v) is 8.42. The minimum absolute atomic E-state index is 0.144. The van der Waals surface area contributed by atoms with Gasteiger partial charge in [-0.3, -0.25) is 4.79 Å². The number of aliphatic carboxylic acids is 1. The molecule has 8 heteroatoms. The minimum Gasteiger partial charge on any atom is -0.481 e. The van der Waals surface area contributed by atoms with Gasteiger partial charge in [0.2, 0.25) is 0 Å². The first kappa shape index (κ1) is 39.0. The predicted octanol–water partition coefficient (Wildman–Crippen LogP) is 9.26.